The molecule has 1 heterocycles. The molecule has 0 spiro atoms. The van der Waals surface area contributed by atoms with Gasteiger partial charge in [0, 0.05) is 19.5 Å². The Morgan fingerprint density at radius 1 is 1.14 bits per heavy atom. The van der Waals surface area contributed by atoms with E-state index in [2.05, 4.69) is 10.6 Å². The molecule has 0 amide bonds. The lowest BCUT2D eigenvalue weighted by Crippen LogP contribution is -2.09. The minimum atomic E-state index is -0.354. The number of nitro benzene ring substituents is 1. The van der Waals surface area contributed by atoms with Gasteiger partial charge in [-0.1, -0.05) is 13.0 Å². The summed E-state index contributed by atoms with van der Waals surface area (Å²) in [6.45, 7) is 3.30. The molecule has 1 aromatic carbocycles. The van der Waals surface area contributed by atoms with Crippen molar-refractivity contribution in [3.63, 3.8) is 0 Å². The zero-order chi connectivity index (χ0) is 15.1. The van der Waals surface area contributed by atoms with Crippen molar-refractivity contribution in [3.05, 3.63) is 52.5 Å². The third-order valence-electron chi connectivity index (χ3n) is 3.05. The Labute approximate surface area is 123 Å². The van der Waals surface area contributed by atoms with Gasteiger partial charge in [-0.25, -0.2) is 0 Å². The monoisotopic (exact) mass is 289 g/mol. The van der Waals surface area contributed by atoms with Crippen LogP contribution in [0, 0.1) is 10.1 Å². The molecule has 0 fully saturated rings. The minimum Gasteiger partial charge on any atom is -0.469 e. The largest absolute Gasteiger partial charge is 0.469 e. The highest BCUT2D eigenvalue weighted by molar-refractivity contribution is 5.76. The number of hydrogen-bond donors (Lipinski definition) is 2. The molecule has 0 aliphatic carbocycles. The second-order valence-corrected chi connectivity index (χ2v) is 4.64. The fourth-order valence-electron chi connectivity index (χ4n) is 2.06. The minimum absolute atomic E-state index is 0.0883. The number of anilines is 2. The predicted molar refractivity (Wildman–Crippen MR) is 82.8 cm³/mol. The molecule has 0 atom stereocenters. The van der Waals surface area contributed by atoms with Crippen molar-refractivity contribution in [1.29, 1.82) is 0 Å². The molecule has 2 rings (SSSR count). The molecule has 2 aromatic rings. The van der Waals surface area contributed by atoms with Crippen LogP contribution in [0.1, 0.15) is 19.1 Å². The van der Waals surface area contributed by atoms with Crippen LogP contribution in [0.4, 0.5) is 17.1 Å². The van der Waals surface area contributed by atoms with Crippen LogP contribution >= 0.6 is 0 Å². The molecule has 0 saturated heterocycles. The topological polar surface area (TPSA) is 80.3 Å². The number of nitro groups is 1. The van der Waals surface area contributed by atoms with E-state index in [1.807, 2.05) is 19.1 Å². The number of para-hydroxylation sites is 1. The molecule has 0 bridgehead atoms. The van der Waals surface area contributed by atoms with Gasteiger partial charge >= 0.3 is 5.69 Å². The average molecular weight is 289 g/mol. The second kappa shape index (κ2) is 7.33. The average Bonchev–Trinajstić information content (AvgIpc) is 2.98. The van der Waals surface area contributed by atoms with Gasteiger partial charge in [0.15, 0.2) is 0 Å². The van der Waals surface area contributed by atoms with E-state index >= 15 is 0 Å². The van der Waals surface area contributed by atoms with E-state index in [4.69, 9.17) is 4.42 Å². The molecule has 2 N–H and O–H groups in total. The lowest BCUT2D eigenvalue weighted by Gasteiger charge is -2.11. The van der Waals surface area contributed by atoms with E-state index < -0.39 is 0 Å². The first-order valence-corrected chi connectivity index (χ1v) is 7.00. The number of rotatable bonds is 8. The Balaban J connectivity index is 2.08. The second-order valence-electron chi connectivity index (χ2n) is 4.64. The first-order valence-electron chi connectivity index (χ1n) is 7.00. The summed E-state index contributed by atoms with van der Waals surface area (Å²) < 4.78 is 5.24. The molecule has 6 nitrogen and oxygen atoms in total. The van der Waals surface area contributed by atoms with E-state index in [1.165, 1.54) is 0 Å². The summed E-state index contributed by atoms with van der Waals surface area (Å²) in [7, 11) is 0. The smallest absolute Gasteiger partial charge is 0.315 e. The summed E-state index contributed by atoms with van der Waals surface area (Å²) in [4.78, 5) is 11.0. The Kier molecular flexibility index (Phi) is 5.20. The van der Waals surface area contributed by atoms with Crippen LogP contribution in [-0.2, 0) is 6.42 Å². The maximum atomic E-state index is 11.3. The van der Waals surface area contributed by atoms with Gasteiger partial charge in [0.1, 0.15) is 17.1 Å². The van der Waals surface area contributed by atoms with Crippen LogP contribution in [-0.4, -0.2) is 18.0 Å². The Hall–Kier alpha value is -2.50. The third-order valence-corrected chi connectivity index (χ3v) is 3.05. The van der Waals surface area contributed by atoms with Gasteiger partial charge in [0.2, 0.25) is 0 Å². The number of nitrogens with one attached hydrogen (secondary N) is 2. The molecule has 21 heavy (non-hydrogen) atoms. The lowest BCUT2D eigenvalue weighted by atomic mass is 10.2. The van der Waals surface area contributed by atoms with Gasteiger partial charge in [-0.2, -0.15) is 0 Å². The first-order chi connectivity index (χ1) is 10.2. The van der Waals surface area contributed by atoms with Gasteiger partial charge in [-0.05, 0) is 30.7 Å². The van der Waals surface area contributed by atoms with Gasteiger partial charge in [-0.15, -0.1) is 0 Å². The molecular weight excluding hydrogens is 270 g/mol. The molecule has 0 aliphatic heterocycles. The summed E-state index contributed by atoms with van der Waals surface area (Å²) in [5, 5.41) is 17.5. The summed E-state index contributed by atoms with van der Waals surface area (Å²) in [5.74, 6) is 0.852. The van der Waals surface area contributed by atoms with Crippen molar-refractivity contribution in [2.24, 2.45) is 0 Å². The third kappa shape index (κ3) is 3.98. The normalized spacial score (nSPS) is 10.3. The number of hydrogen-bond acceptors (Lipinski definition) is 5. The molecule has 0 radical (unpaired) electrons. The lowest BCUT2D eigenvalue weighted by molar-refractivity contribution is -0.383. The van der Waals surface area contributed by atoms with E-state index in [0.29, 0.717) is 30.9 Å². The van der Waals surface area contributed by atoms with Crippen molar-refractivity contribution in [3.8, 4) is 0 Å². The van der Waals surface area contributed by atoms with E-state index in [0.717, 1.165) is 12.2 Å². The molecule has 112 valence electrons. The number of nitrogens with zero attached hydrogens (tertiary/aromatic N) is 1. The first kappa shape index (κ1) is 14.9. The Morgan fingerprint density at radius 3 is 2.43 bits per heavy atom. The predicted octanol–water partition coefficient (Wildman–Crippen LogP) is 3.66. The Bertz CT molecular complexity index is 582. The number of furan rings is 1. The maximum Gasteiger partial charge on any atom is 0.315 e. The Morgan fingerprint density at radius 2 is 1.86 bits per heavy atom. The summed E-state index contributed by atoms with van der Waals surface area (Å²) in [6, 6.07) is 8.96. The highest BCUT2D eigenvalue weighted by Crippen LogP contribution is 2.32. The van der Waals surface area contributed by atoms with Crippen LogP contribution in [0.3, 0.4) is 0 Å². The summed E-state index contributed by atoms with van der Waals surface area (Å²) in [6.07, 6.45) is 3.21. The summed E-state index contributed by atoms with van der Waals surface area (Å²) in [5.41, 5.74) is 1.16. The van der Waals surface area contributed by atoms with Crippen LogP contribution in [0.5, 0.6) is 0 Å². The standard InChI is InChI=1S/C15H19N3O3/c1-2-9-16-13-6-3-7-14(15(13)18(19)20)17-10-8-12-5-4-11-21-12/h3-7,11,16-17H,2,8-10H2,1H3. The number of benzene rings is 1. The molecule has 1 aromatic heterocycles. The molecule has 0 saturated carbocycles. The van der Waals surface area contributed by atoms with Crippen molar-refractivity contribution < 1.29 is 9.34 Å². The van der Waals surface area contributed by atoms with Gasteiger partial charge in [0.05, 0.1) is 11.2 Å². The fourth-order valence-corrected chi connectivity index (χ4v) is 2.06. The van der Waals surface area contributed by atoms with Crippen molar-refractivity contribution >= 4 is 17.1 Å². The SMILES string of the molecule is CCCNc1cccc(NCCc2ccco2)c1[N+](=O)[O-]. The van der Waals surface area contributed by atoms with Gasteiger partial charge in [-0.3, -0.25) is 10.1 Å². The van der Waals surface area contributed by atoms with E-state index in [9.17, 15) is 10.1 Å². The maximum absolute atomic E-state index is 11.3. The van der Waals surface area contributed by atoms with Crippen molar-refractivity contribution in [2.75, 3.05) is 23.7 Å². The highest BCUT2D eigenvalue weighted by Gasteiger charge is 2.19. The molecule has 0 aliphatic rings. The van der Waals surface area contributed by atoms with Crippen LogP contribution in [0.15, 0.2) is 41.0 Å². The highest BCUT2D eigenvalue weighted by atomic mass is 16.6. The fraction of sp³-hybridized carbons (Fsp3) is 0.333. The quantitative estimate of drug-likeness (QED) is 0.572. The van der Waals surface area contributed by atoms with E-state index in [-0.39, 0.29) is 10.6 Å². The van der Waals surface area contributed by atoms with Gasteiger partial charge in [0.25, 0.3) is 0 Å². The van der Waals surface area contributed by atoms with Crippen molar-refractivity contribution in [1.82, 2.24) is 0 Å². The zero-order valence-electron chi connectivity index (χ0n) is 12.0. The molecule has 6 heteroatoms. The van der Waals surface area contributed by atoms with Crippen LogP contribution in [0.2, 0.25) is 0 Å². The summed E-state index contributed by atoms with van der Waals surface area (Å²) >= 11 is 0. The molecule has 0 unspecified atom stereocenters. The van der Waals surface area contributed by atoms with Gasteiger partial charge < -0.3 is 15.1 Å². The zero-order valence-corrected chi connectivity index (χ0v) is 12.0. The van der Waals surface area contributed by atoms with E-state index in [1.54, 1.807) is 24.5 Å². The van der Waals surface area contributed by atoms with Crippen LogP contribution in [0.25, 0.3) is 0 Å². The molecular formula is C15H19N3O3. The van der Waals surface area contributed by atoms with Crippen molar-refractivity contribution in [2.45, 2.75) is 19.8 Å². The van der Waals surface area contributed by atoms with Crippen LogP contribution < -0.4 is 10.6 Å².